The second-order valence-corrected chi connectivity index (χ2v) is 4.95. The molecule has 8 heteroatoms. The van der Waals surface area contributed by atoms with Gasteiger partial charge in [0.25, 0.3) is 0 Å². The summed E-state index contributed by atoms with van der Waals surface area (Å²) in [5.41, 5.74) is 4.77. The molecular weight excluding hydrogens is 258 g/mol. The highest BCUT2D eigenvalue weighted by Gasteiger charge is 2.43. The third-order valence-electron chi connectivity index (χ3n) is 2.79. The average molecular weight is 273 g/mol. The van der Waals surface area contributed by atoms with Crippen molar-refractivity contribution >= 4 is 17.6 Å². The molecule has 4 atom stereocenters. The predicted octanol–water partition coefficient (Wildman–Crippen LogP) is -1.19. The van der Waals surface area contributed by atoms with E-state index >= 15 is 0 Å². The highest BCUT2D eigenvalue weighted by Crippen LogP contribution is 2.29. The molecule has 0 bridgehead atoms. The first-order valence-electron chi connectivity index (χ1n) is 5.39. The zero-order chi connectivity index (χ0) is 13.3. The molecule has 0 saturated carbocycles. The lowest BCUT2D eigenvalue weighted by atomic mass is 10.1. The summed E-state index contributed by atoms with van der Waals surface area (Å²) in [6.07, 6.45) is -0.362. The summed E-state index contributed by atoms with van der Waals surface area (Å²) in [5, 5.41) is 19.7. The molecular formula is C10H15N3O4S. The number of nitrogens with zero attached hydrogens (tertiary/aromatic N) is 2. The molecule has 1 aromatic rings. The highest BCUT2D eigenvalue weighted by molar-refractivity contribution is 7.98. The number of rotatable bonds is 3. The molecule has 1 aliphatic rings. The average Bonchev–Trinajstić information content (AvgIpc) is 2.58. The van der Waals surface area contributed by atoms with Crippen molar-refractivity contribution in [2.45, 2.75) is 24.5 Å². The van der Waals surface area contributed by atoms with Crippen LogP contribution in [-0.2, 0) is 4.74 Å². The van der Waals surface area contributed by atoms with Crippen LogP contribution in [0.1, 0.15) is 6.23 Å². The van der Waals surface area contributed by atoms with Gasteiger partial charge in [0, 0.05) is 11.9 Å². The molecule has 0 amide bonds. The minimum absolute atomic E-state index is 0.102. The van der Waals surface area contributed by atoms with Crippen LogP contribution in [0, 0.1) is 0 Å². The summed E-state index contributed by atoms with van der Waals surface area (Å²) in [6, 6.07) is 1.44. The summed E-state index contributed by atoms with van der Waals surface area (Å²) in [5.74, 6) is 0.635. The summed E-state index contributed by atoms with van der Waals surface area (Å²) >= 11 is 1.49. The maximum atomic E-state index is 11.6. The molecule has 2 heterocycles. The van der Waals surface area contributed by atoms with Gasteiger partial charge in [0.15, 0.2) is 6.23 Å². The molecule has 1 aliphatic heterocycles. The lowest BCUT2D eigenvalue weighted by molar-refractivity contribution is -0.0339. The van der Waals surface area contributed by atoms with Crippen molar-refractivity contribution in [1.82, 2.24) is 9.55 Å². The molecule has 1 fully saturated rings. The van der Waals surface area contributed by atoms with Gasteiger partial charge >= 0.3 is 5.69 Å². The quantitative estimate of drug-likeness (QED) is 0.635. The second kappa shape index (κ2) is 5.27. The number of aliphatic hydroxyl groups is 2. The zero-order valence-electron chi connectivity index (χ0n) is 9.76. The van der Waals surface area contributed by atoms with E-state index in [2.05, 4.69) is 4.98 Å². The van der Waals surface area contributed by atoms with Crippen molar-refractivity contribution in [3.63, 3.8) is 0 Å². The van der Waals surface area contributed by atoms with Crippen LogP contribution in [0.15, 0.2) is 17.1 Å². The summed E-state index contributed by atoms with van der Waals surface area (Å²) in [6.45, 7) is 0. The van der Waals surface area contributed by atoms with Gasteiger partial charge in [-0.1, -0.05) is 0 Å². The van der Waals surface area contributed by atoms with Crippen LogP contribution in [-0.4, -0.2) is 50.1 Å². The lowest BCUT2D eigenvalue weighted by Gasteiger charge is -2.16. The Morgan fingerprint density at radius 1 is 1.56 bits per heavy atom. The molecule has 0 radical (unpaired) electrons. The first-order chi connectivity index (χ1) is 8.54. The lowest BCUT2D eigenvalue weighted by Crippen LogP contribution is -2.35. The van der Waals surface area contributed by atoms with Gasteiger partial charge in [0.05, 0.1) is 6.10 Å². The highest BCUT2D eigenvalue weighted by atomic mass is 32.2. The fourth-order valence-electron chi connectivity index (χ4n) is 1.88. The normalized spacial score (nSPS) is 31.7. The molecule has 7 nitrogen and oxygen atoms in total. The van der Waals surface area contributed by atoms with Crippen LogP contribution in [0.5, 0.6) is 0 Å². The fraction of sp³-hybridized carbons (Fsp3) is 0.600. The van der Waals surface area contributed by atoms with Crippen molar-refractivity contribution in [2.75, 3.05) is 17.7 Å². The monoisotopic (exact) mass is 273 g/mol. The minimum Gasteiger partial charge on any atom is -0.387 e. The van der Waals surface area contributed by atoms with E-state index in [1.165, 1.54) is 24.0 Å². The van der Waals surface area contributed by atoms with Crippen LogP contribution >= 0.6 is 11.8 Å². The van der Waals surface area contributed by atoms with Crippen LogP contribution in [0.4, 0.5) is 5.82 Å². The SMILES string of the molecule is CSC[C@H]1O[C@@H](n2ccc(N)nc2=O)[C@H](O)[C@@H]1O. The molecule has 1 saturated heterocycles. The van der Waals surface area contributed by atoms with E-state index in [1.54, 1.807) is 0 Å². The molecule has 0 spiro atoms. The van der Waals surface area contributed by atoms with E-state index in [1.807, 2.05) is 6.26 Å². The zero-order valence-corrected chi connectivity index (χ0v) is 10.6. The van der Waals surface area contributed by atoms with Crippen molar-refractivity contribution < 1.29 is 14.9 Å². The van der Waals surface area contributed by atoms with Gasteiger partial charge in [-0.05, 0) is 12.3 Å². The number of aliphatic hydroxyl groups excluding tert-OH is 2. The summed E-state index contributed by atoms with van der Waals surface area (Å²) < 4.78 is 6.62. The van der Waals surface area contributed by atoms with Gasteiger partial charge in [-0.15, -0.1) is 0 Å². The number of ether oxygens (including phenoxy) is 1. The molecule has 0 aliphatic carbocycles. The van der Waals surface area contributed by atoms with Crippen LogP contribution in [0.2, 0.25) is 0 Å². The van der Waals surface area contributed by atoms with Crippen molar-refractivity contribution in [3.05, 3.63) is 22.7 Å². The predicted molar refractivity (Wildman–Crippen MR) is 67.2 cm³/mol. The van der Waals surface area contributed by atoms with Crippen LogP contribution in [0.3, 0.4) is 0 Å². The van der Waals surface area contributed by atoms with Crippen molar-refractivity contribution in [1.29, 1.82) is 0 Å². The second-order valence-electron chi connectivity index (χ2n) is 4.04. The van der Waals surface area contributed by atoms with Gasteiger partial charge < -0.3 is 20.7 Å². The molecule has 0 unspecified atom stereocenters. The molecule has 100 valence electrons. The van der Waals surface area contributed by atoms with E-state index in [0.29, 0.717) is 5.75 Å². The minimum atomic E-state index is -1.16. The van der Waals surface area contributed by atoms with E-state index in [-0.39, 0.29) is 5.82 Å². The number of nitrogen functional groups attached to an aromatic ring is 1. The maximum absolute atomic E-state index is 11.6. The molecule has 4 N–H and O–H groups in total. The van der Waals surface area contributed by atoms with E-state index in [9.17, 15) is 15.0 Å². The van der Waals surface area contributed by atoms with Crippen molar-refractivity contribution in [2.24, 2.45) is 0 Å². The van der Waals surface area contributed by atoms with Gasteiger partial charge in [-0.3, -0.25) is 4.57 Å². The van der Waals surface area contributed by atoms with Gasteiger partial charge in [-0.2, -0.15) is 16.7 Å². The number of anilines is 1. The van der Waals surface area contributed by atoms with Crippen LogP contribution < -0.4 is 11.4 Å². The smallest absolute Gasteiger partial charge is 0.351 e. The van der Waals surface area contributed by atoms with Gasteiger partial charge in [-0.25, -0.2) is 4.79 Å². The third kappa shape index (κ3) is 2.37. The van der Waals surface area contributed by atoms with Gasteiger partial charge in [0.2, 0.25) is 0 Å². The topological polar surface area (TPSA) is 111 Å². The van der Waals surface area contributed by atoms with E-state index < -0.39 is 30.2 Å². The number of hydrogen-bond acceptors (Lipinski definition) is 7. The largest absolute Gasteiger partial charge is 0.387 e. The first-order valence-corrected chi connectivity index (χ1v) is 6.79. The Morgan fingerprint density at radius 3 is 2.89 bits per heavy atom. The first kappa shape index (κ1) is 13.3. The Labute approximate surface area is 108 Å². The summed E-state index contributed by atoms with van der Waals surface area (Å²) in [4.78, 5) is 15.2. The van der Waals surface area contributed by atoms with Gasteiger partial charge in [0.1, 0.15) is 18.0 Å². The molecule has 1 aromatic heterocycles. The Bertz CT molecular complexity index is 480. The van der Waals surface area contributed by atoms with Crippen LogP contribution in [0.25, 0.3) is 0 Å². The van der Waals surface area contributed by atoms with E-state index in [0.717, 1.165) is 4.57 Å². The number of aromatic nitrogens is 2. The fourth-order valence-corrected chi connectivity index (χ4v) is 2.48. The maximum Gasteiger partial charge on any atom is 0.351 e. The number of nitrogens with two attached hydrogens (primary N) is 1. The number of hydrogen-bond donors (Lipinski definition) is 3. The molecule has 0 aromatic carbocycles. The van der Waals surface area contributed by atoms with E-state index in [4.69, 9.17) is 10.5 Å². The Hall–Kier alpha value is -1.09. The molecule has 2 rings (SSSR count). The molecule has 18 heavy (non-hydrogen) atoms. The van der Waals surface area contributed by atoms with Crippen molar-refractivity contribution in [3.8, 4) is 0 Å². The summed E-state index contributed by atoms with van der Waals surface area (Å²) in [7, 11) is 0. The Morgan fingerprint density at radius 2 is 2.28 bits per heavy atom. The Kier molecular flexibility index (Phi) is 3.91. The number of thioether (sulfide) groups is 1. The third-order valence-corrected chi connectivity index (χ3v) is 3.46. The Balaban J connectivity index is 2.26. The standard InChI is InChI=1S/C10H15N3O4S/c1-18-4-5-7(14)8(15)9(17-5)13-3-2-6(11)12-10(13)16/h2-3,5,7-9,14-15H,4H2,1H3,(H2,11,12,16)/t5-,7-,8-,9-/m1/s1.